The van der Waals surface area contributed by atoms with Crippen LogP contribution in [0.15, 0.2) is 75.7 Å². The van der Waals surface area contributed by atoms with Crippen LogP contribution in [0.4, 0.5) is 23.4 Å². The average Bonchev–Trinajstić information content (AvgIpc) is 1.64. The molecule has 0 aromatic carbocycles. The Bertz CT molecular complexity index is 6520. The van der Waals surface area contributed by atoms with Crippen LogP contribution in [0.25, 0.3) is 11.2 Å². The molecule has 6 aliphatic heterocycles. The van der Waals surface area contributed by atoms with Gasteiger partial charge in [-0.2, -0.15) is 19.9 Å². The number of aryl methyl sites for hydroxylation is 5. The van der Waals surface area contributed by atoms with Crippen LogP contribution in [-0.4, -0.2) is 362 Å². The Labute approximate surface area is 847 Å². The van der Waals surface area contributed by atoms with Crippen molar-refractivity contribution in [2.75, 3.05) is 178 Å². The molecule has 6 saturated heterocycles. The van der Waals surface area contributed by atoms with Crippen molar-refractivity contribution in [3.8, 4) is 0 Å². The minimum absolute atomic E-state index is 0.000516. The number of hydrogen-bond acceptors (Lipinski definition) is 51. The number of hydrogen-bond donors (Lipinski definition) is 13. The number of aliphatic hydroxyl groups excluding tert-OH is 1. The number of phosphoric ester groups is 3. The standard InChI is InChI=1S/C78H117N18O45P5S2/c1-36-25-91(74(101)84-60(36)79)68-56(122-21-15-116-9)50(43(133-68)31-126-142(106,107)137-49-41(6)131-72(55(49)121-20-14-115-8)96-35-83-47-63(96)87-73(82)88-66(47)100)138-143(108,109)127-32-44-51(57(123-22-16-117-10)69(134-44)92-26-37(2)61(80)85-75(92)102)139-144(110,111)128-33-45-52(58(124-23-17-118-11)70(135-45)93-27-38(3)62(81)86-76(93)103)140-146(113,148)130-34-46-53(59(125-24-18-119-12)71(136-46)95-29-40(5)65(99)90-78(95)105)141-145(112,147)129-30-42-48(97)54(120-19-13-114-7)67(132-42)94-28-39(4)64(98)89-77(94)104/h25-29,35,41-46,48-59,67-72,97H,13-24,30-34H2,1-12H3,(H,106,107)(H,108,109)(H,110,111)(H,112,147)(H,113,148)(H2,79,84,101)(H2,80,85,102)(H2,81,86,103)(H,89,98,104)(H,90,99,105)(H3,82,87,88,100)/t41-,42-,43-,44-,45-,46-,48+,49+,50+,51+,52+,53+,54?,55?,56?,57?,58?,59?,67-,68-,69-,70-,71-,72-,145?,146?/m1/s1. The maximum atomic E-state index is 15.4. The fourth-order valence-electron chi connectivity index (χ4n) is 16.4. The van der Waals surface area contributed by atoms with E-state index in [4.69, 9.17) is 177 Å². The highest BCUT2D eigenvalue weighted by molar-refractivity contribution is 8.07. The molecule has 7 aromatic heterocycles. The summed E-state index contributed by atoms with van der Waals surface area (Å²) in [6.45, 7) is -9.88. The predicted octanol–water partition coefficient (Wildman–Crippen LogP) is -3.44. The monoisotopic (exact) mass is 2240 g/mol. The van der Waals surface area contributed by atoms with Crippen molar-refractivity contribution in [2.45, 2.75) is 189 Å². The minimum Gasteiger partial charge on any atom is -0.387 e. The number of nitrogens with zero attached hydrogens (tertiary/aromatic N) is 11. The van der Waals surface area contributed by atoms with Gasteiger partial charge < -0.3 is 147 Å². The molecule has 63 nitrogen and oxygen atoms in total. The van der Waals surface area contributed by atoms with Crippen LogP contribution < -0.4 is 68.1 Å². The number of aromatic amines is 3. The van der Waals surface area contributed by atoms with Crippen molar-refractivity contribution >= 4 is 95.1 Å². The van der Waals surface area contributed by atoms with E-state index >= 15 is 9.13 Å². The summed E-state index contributed by atoms with van der Waals surface area (Å²) in [5.74, 6) is -1.06. The van der Waals surface area contributed by atoms with Crippen LogP contribution in [0, 0.1) is 34.6 Å². The SMILES string of the molecule is COCCOC1[C@@H](O)[C@@H](COP(O)(=S)O[C@@H]2C(OCCOC)[C@H](n3cc(C)c(=O)[nH]c3=O)O[C@@H]2COP(O)(=S)O[C@@H]2C(OCCOC)[C@H](n3cc(C)c(N)nc3=O)O[C@@H]2COP(=O)(O)O[C@@H]2C(OCCOC)[C@H](n3cc(C)c(N)nc3=O)O[C@@H]2COP(=O)(O)O[C@@H]2C(OCCOC)[C@H](n3cc(C)c(N)nc3=O)O[C@@H]2COP(=O)(O)O[C@@H]2C(OCCOC)[C@H](n3cnc4c(=O)[nH]c(N)nc43)O[C@@H]2C)O[C@H]1n1cc(C)c(=O)[nH]c1=O. The number of rotatable bonds is 55. The summed E-state index contributed by atoms with van der Waals surface area (Å²) in [7, 11) is -9.56. The van der Waals surface area contributed by atoms with Crippen molar-refractivity contribution < 1.29 is 174 Å². The first-order valence-electron chi connectivity index (χ1n) is 45.1. The van der Waals surface area contributed by atoms with Gasteiger partial charge in [0.1, 0.15) is 121 Å². The fraction of sp³-hybridized carbons (Fsp3) is 0.679. The van der Waals surface area contributed by atoms with E-state index in [1.807, 2.05) is 0 Å². The van der Waals surface area contributed by atoms with E-state index in [1.54, 1.807) is 0 Å². The number of methoxy groups -OCH3 is 6. The smallest absolute Gasteiger partial charge is 0.387 e. The Morgan fingerprint density at radius 3 is 0.986 bits per heavy atom. The lowest BCUT2D eigenvalue weighted by Gasteiger charge is -2.30. The van der Waals surface area contributed by atoms with Crippen LogP contribution >= 0.6 is 36.9 Å². The Hall–Kier alpha value is -7.82. The Morgan fingerprint density at radius 1 is 0.351 bits per heavy atom. The minimum atomic E-state index is -6.00. The van der Waals surface area contributed by atoms with E-state index < -0.39 is 282 Å². The Balaban J connectivity index is 0.798. The number of nitrogens with one attached hydrogen (secondary N) is 3. The number of imidazole rings is 1. The second-order valence-corrected chi connectivity index (χ2v) is 43.7. The van der Waals surface area contributed by atoms with Gasteiger partial charge in [-0.3, -0.25) is 92.9 Å². The van der Waals surface area contributed by atoms with E-state index in [-0.39, 0.29) is 122 Å². The molecule has 13 heterocycles. The lowest BCUT2D eigenvalue weighted by Crippen LogP contribution is -2.42. The summed E-state index contributed by atoms with van der Waals surface area (Å²) in [5, 5.41) is 11.8. The first-order valence-corrected chi connectivity index (χ1v) is 54.8. The lowest BCUT2D eigenvalue weighted by molar-refractivity contribution is -0.0854. The molecule has 148 heavy (non-hydrogen) atoms. The molecule has 0 spiro atoms. The van der Waals surface area contributed by atoms with Crippen molar-refractivity contribution in [1.82, 2.24) is 67.3 Å². The Morgan fingerprint density at radius 2 is 0.635 bits per heavy atom. The van der Waals surface area contributed by atoms with Crippen LogP contribution in [-0.2, 0) is 168 Å². The third-order valence-electron chi connectivity index (χ3n) is 23.7. The second-order valence-electron chi connectivity index (χ2n) is 33.9. The number of anilines is 4. The van der Waals surface area contributed by atoms with Gasteiger partial charge in [0.15, 0.2) is 48.5 Å². The summed E-state index contributed by atoms with van der Waals surface area (Å²) < 4.78 is 217. The van der Waals surface area contributed by atoms with Gasteiger partial charge in [0.05, 0.1) is 125 Å². The van der Waals surface area contributed by atoms with Crippen molar-refractivity contribution in [2.24, 2.45) is 0 Å². The van der Waals surface area contributed by atoms with E-state index in [9.17, 15) is 72.5 Å². The predicted molar refractivity (Wildman–Crippen MR) is 509 cm³/mol. The highest BCUT2D eigenvalue weighted by Gasteiger charge is 2.59. The second kappa shape index (κ2) is 51.0. The first kappa shape index (κ1) is 117. The third-order valence-corrected chi connectivity index (χ3v) is 29.7. The van der Waals surface area contributed by atoms with E-state index in [1.165, 1.54) is 114 Å². The molecule has 0 bridgehead atoms. The van der Waals surface area contributed by atoms with Crippen LogP contribution in [0.3, 0.4) is 0 Å². The number of H-pyrrole nitrogens is 3. The van der Waals surface area contributed by atoms with Crippen LogP contribution in [0.2, 0.25) is 0 Å². The number of phosphoric acid groups is 3. The Kier molecular flexibility index (Phi) is 40.4. The summed E-state index contributed by atoms with van der Waals surface area (Å²) in [6.07, 6.45) is -34.5. The number of nitrogens with two attached hydrogens (primary N) is 4. The molecule has 0 amide bonds. The zero-order valence-corrected chi connectivity index (χ0v) is 87.3. The molecule has 11 unspecified atom stereocenters. The molecule has 13 rings (SSSR count). The lowest BCUT2D eigenvalue weighted by atomic mass is 10.1. The van der Waals surface area contributed by atoms with Crippen molar-refractivity contribution in [3.63, 3.8) is 0 Å². The third kappa shape index (κ3) is 28.5. The zero-order valence-electron chi connectivity index (χ0n) is 81.2. The molecule has 6 fully saturated rings. The summed E-state index contributed by atoms with van der Waals surface area (Å²) >= 11 is 11.4. The zero-order chi connectivity index (χ0) is 108. The molecule has 0 saturated carbocycles. The van der Waals surface area contributed by atoms with Gasteiger partial charge >= 0.3 is 65.4 Å². The molecule has 7 aromatic rings. The van der Waals surface area contributed by atoms with Crippen molar-refractivity contribution in [1.29, 1.82) is 0 Å². The van der Waals surface area contributed by atoms with E-state index in [2.05, 4.69) is 39.9 Å². The van der Waals surface area contributed by atoms with Gasteiger partial charge in [-0.15, -0.1) is 0 Å². The van der Waals surface area contributed by atoms with Crippen LogP contribution in [0.5, 0.6) is 0 Å². The van der Waals surface area contributed by atoms with Gasteiger partial charge in [-0.1, -0.05) is 0 Å². The highest BCUT2D eigenvalue weighted by Crippen LogP contribution is 2.58. The van der Waals surface area contributed by atoms with Crippen LogP contribution in [0.1, 0.15) is 72.1 Å². The molecular weight excluding hydrogens is 2130 g/mol. The molecule has 826 valence electrons. The molecule has 70 heteroatoms. The van der Waals surface area contributed by atoms with Crippen molar-refractivity contribution in [3.05, 3.63) is 149 Å². The quantitative estimate of drug-likeness (QED) is 0.0130. The fourth-order valence-corrected chi connectivity index (χ4v) is 22.2. The van der Waals surface area contributed by atoms with Gasteiger partial charge in [-0.25, -0.2) is 42.7 Å². The van der Waals surface area contributed by atoms with Gasteiger partial charge in [0.2, 0.25) is 5.95 Å². The molecular formula is C78H117N18O45P5S2. The summed E-state index contributed by atoms with van der Waals surface area (Å²) in [5.41, 5.74) is 16.8. The summed E-state index contributed by atoms with van der Waals surface area (Å²) in [6, 6.07) is 0. The maximum Gasteiger partial charge on any atom is 0.472 e. The van der Waals surface area contributed by atoms with Gasteiger partial charge in [-0.05, 0) is 65.2 Å². The molecule has 17 N–H and O–H groups in total. The van der Waals surface area contributed by atoms with E-state index in [0.717, 1.165) is 35.2 Å². The van der Waals surface area contributed by atoms with Gasteiger partial charge in [0.25, 0.3) is 16.7 Å². The number of fused-ring (bicyclic) bond motifs is 1. The molecule has 0 aliphatic carbocycles. The number of aliphatic hydroxyl groups is 1. The van der Waals surface area contributed by atoms with Gasteiger partial charge in [0, 0.05) is 101 Å². The molecule has 0 radical (unpaired) electrons. The normalized spacial score (nSPS) is 29.3. The highest BCUT2D eigenvalue weighted by atomic mass is 32.5. The van der Waals surface area contributed by atoms with E-state index in [0.29, 0.717) is 0 Å². The number of aromatic nitrogens is 14. The largest absolute Gasteiger partial charge is 0.472 e. The maximum absolute atomic E-state index is 15.4. The topological polar surface area (TPSA) is 813 Å². The first-order chi connectivity index (χ1) is 70.1. The summed E-state index contributed by atoms with van der Waals surface area (Å²) in [4.78, 5) is 196. The average molecular weight is 2250 g/mol. The molecule has 6 aliphatic rings. The molecule has 29 atom stereocenters. The number of nitrogen functional groups attached to an aromatic ring is 4. The number of ether oxygens (including phenoxy) is 18.